The number of aryl methyl sites for hydroxylation is 3. The van der Waals surface area contributed by atoms with Crippen LogP contribution in [0.25, 0.3) is 11.1 Å². The fourth-order valence-electron chi connectivity index (χ4n) is 3.28. The summed E-state index contributed by atoms with van der Waals surface area (Å²) in [6.07, 6.45) is 0.127. The van der Waals surface area contributed by atoms with E-state index in [0.717, 1.165) is 27.8 Å². The van der Waals surface area contributed by atoms with Crippen LogP contribution in [0.1, 0.15) is 50.2 Å². The molecule has 0 aliphatic carbocycles. The molecule has 0 fully saturated rings. The van der Waals surface area contributed by atoms with Crippen molar-refractivity contribution in [3.63, 3.8) is 0 Å². The van der Waals surface area contributed by atoms with Crippen LogP contribution in [0.3, 0.4) is 0 Å². The van der Waals surface area contributed by atoms with E-state index in [-0.39, 0.29) is 24.5 Å². The number of methoxy groups -OCH3 is 1. The van der Waals surface area contributed by atoms with Crippen LogP contribution in [-0.4, -0.2) is 24.8 Å². The van der Waals surface area contributed by atoms with Crippen LogP contribution < -0.4 is 5.32 Å². The summed E-state index contributed by atoms with van der Waals surface area (Å²) in [5.74, 6) is -0.922. The number of carbonyl (C=O) groups is 3. The third-order valence-corrected chi connectivity index (χ3v) is 5.96. The molecule has 1 heterocycles. The molecule has 0 atom stereocenters. The van der Waals surface area contributed by atoms with E-state index >= 15 is 0 Å². The van der Waals surface area contributed by atoms with E-state index in [9.17, 15) is 14.4 Å². The number of amides is 1. The van der Waals surface area contributed by atoms with E-state index in [1.165, 1.54) is 18.4 Å². The van der Waals surface area contributed by atoms with Gasteiger partial charge in [-0.2, -0.15) is 0 Å². The average molecular weight is 436 g/mol. The molecular weight excluding hydrogens is 410 g/mol. The summed E-state index contributed by atoms with van der Waals surface area (Å²) >= 11 is 1.27. The Morgan fingerprint density at radius 2 is 1.58 bits per heavy atom. The maximum atomic E-state index is 12.5. The largest absolute Gasteiger partial charge is 0.465 e. The predicted molar refractivity (Wildman–Crippen MR) is 124 cm³/mol. The number of Topliss-reactive ketones (excluding diaryl/α,β-unsaturated/α-hetero) is 1. The standard InChI is InChI=1S/C25H25NO4S/c1-15-6-9-18(10-7-15)21(27)11-12-22(28)26-24-23(25(29)30-4)20(14-31-24)19-13-16(2)5-8-17(19)3/h5-10,13-14H,11-12H2,1-4H3,(H,26,28). The van der Waals surface area contributed by atoms with Gasteiger partial charge in [0.15, 0.2) is 5.78 Å². The van der Waals surface area contributed by atoms with E-state index in [1.54, 1.807) is 12.1 Å². The first-order valence-electron chi connectivity index (χ1n) is 9.97. The van der Waals surface area contributed by atoms with Crippen molar-refractivity contribution in [2.45, 2.75) is 33.6 Å². The van der Waals surface area contributed by atoms with Gasteiger partial charge >= 0.3 is 5.97 Å². The number of carbonyl (C=O) groups excluding carboxylic acids is 3. The summed E-state index contributed by atoms with van der Waals surface area (Å²) < 4.78 is 4.98. The monoisotopic (exact) mass is 435 g/mol. The highest BCUT2D eigenvalue weighted by molar-refractivity contribution is 7.15. The highest BCUT2D eigenvalue weighted by Crippen LogP contribution is 2.38. The summed E-state index contributed by atoms with van der Waals surface area (Å²) in [4.78, 5) is 37.4. The van der Waals surface area contributed by atoms with Gasteiger partial charge in [-0.15, -0.1) is 11.3 Å². The Bertz CT molecular complexity index is 1130. The van der Waals surface area contributed by atoms with Crippen molar-refractivity contribution in [3.05, 3.63) is 75.7 Å². The number of benzene rings is 2. The Kier molecular flexibility index (Phi) is 7.02. The quantitative estimate of drug-likeness (QED) is 0.380. The van der Waals surface area contributed by atoms with Crippen LogP contribution in [0.5, 0.6) is 0 Å². The van der Waals surface area contributed by atoms with E-state index in [1.807, 2.05) is 56.5 Å². The number of anilines is 1. The molecule has 0 unspecified atom stereocenters. The van der Waals surface area contributed by atoms with Crippen molar-refractivity contribution in [2.24, 2.45) is 0 Å². The Balaban J connectivity index is 1.78. The Morgan fingerprint density at radius 3 is 2.26 bits per heavy atom. The molecule has 1 N–H and O–H groups in total. The van der Waals surface area contributed by atoms with E-state index in [2.05, 4.69) is 5.32 Å². The summed E-state index contributed by atoms with van der Waals surface area (Å²) in [5, 5.41) is 5.07. The number of nitrogens with one attached hydrogen (secondary N) is 1. The van der Waals surface area contributed by atoms with Crippen molar-refractivity contribution < 1.29 is 19.1 Å². The molecule has 1 amide bonds. The molecule has 3 aromatic rings. The van der Waals surface area contributed by atoms with Gasteiger partial charge in [-0.3, -0.25) is 9.59 Å². The first kappa shape index (κ1) is 22.4. The minimum absolute atomic E-state index is 0.0318. The lowest BCUT2D eigenvalue weighted by atomic mass is 9.97. The van der Waals surface area contributed by atoms with Crippen molar-refractivity contribution in [3.8, 4) is 11.1 Å². The topological polar surface area (TPSA) is 72.5 Å². The molecule has 3 rings (SSSR count). The SMILES string of the molecule is COC(=O)c1c(-c2cc(C)ccc2C)csc1NC(=O)CCC(=O)c1ccc(C)cc1. The van der Waals surface area contributed by atoms with Gasteiger partial charge in [0.05, 0.1) is 7.11 Å². The first-order valence-corrected chi connectivity index (χ1v) is 10.8. The Hall–Kier alpha value is -3.25. The molecular formula is C25H25NO4S. The second-order valence-electron chi connectivity index (χ2n) is 7.50. The van der Waals surface area contributed by atoms with Gasteiger partial charge in [0, 0.05) is 29.3 Å². The number of hydrogen-bond acceptors (Lipinski definition) is 5. The molecule has 0 bridgehead atoms. The summed E-state index contributed by atoms with van der Waals surface area (Å²) in [7, 11) is 1.32. The molecule has 31 heavy (non-hydrogen) atoms. The second kappa shape index (κ2) is 9.71. The molecule has 0 aliphatic rings. The van der Waals surface area contributed by atoms with Gasteiger partial charge in [0.2, 0.25) is 5.91 Å². The highest BCUT2D eigenvalue weighted by Gasteiger charge is 2.23. The summed E-state index contributed by atoms with van der Waals surface area (Å²) in [5.41, 5.74) is 5.73. The molecule has 160 valence electrons. The number of ketones is 1. The van der Waals surface area contributed by atoms with E-state index in [0.29, 0.717) is 16.1 Å². The first-order chi connectivity index (χ1) is 14.8. The zero-order valence-electron chi connectivity index (χ0n) is 18.1. The van der Waals surface area contributed by atoms with Crippen molar-refractivity contribution >= 4 is 34.0 Å². The maximum Gasteiger partial charge on any atom is 0.341 e. The summed E-state index contributed by atoms with van der Waals surface area (Å²) in [6.45, 7) is 5.91. The van der Waals surface area contributed by atoms with Crippen LogP contribution in [0, 0.1) is 20.8 Å². The second-order valence-corrected chi connectivity index (χ2v) is 8.38. The van der Waals surface area contributed by atoms with Gasteiger partial charge in [-0.25, -0.2) is 4.79 Å². The lowest BCUT2D eigenvalue weighted by molar-refractivity contribution is -0.116. The lowest BCUT2D eigenvalue weighted by Crippen LogP contribution is -2.15. The lowest BCUT2D eigenvalue weighted by Gasteiger charge is -2.10. The zero-order valence-corrected chi connectivity index (χ0v) is 18.9. The van der Waals surface area contributed by atoms with Gasteiger partial charge in [-0.05, 0) is 31.9 Å². The predicted octanol–water partition coefficient (Wildman–Crippen LogP) is 5.73. The van der Waals surface area contributed by atoms with E-state index < -0.39 is 5.97 Å². The van der Waals surface area contributed by atoms with E-state index in [4.69, 9.17) is 4.74 Å². The molecule has 0 radical (unpaired) electrons. The third-order valence-electron chi connectivity index (χ3n) is 5.07. The molecule has 6 heteroatoms. The maximum absolute atomic E-state index is 12.5. The van der Waals surface area contributed by atoms with Crippen LogP contribution in [0.2, 0.25) is 0 Å². The smallest absolute Gasteiger partial charge is 0.341 e. The van der Waals surface area contributed by atoms with Crippen LogP contribution >= 0.6 is 11.3 Å². The average Bonchev–Trinajstić information content (AvgIpc) is 3.16. The number of hydrogen-bond donors (Lipinski definition) is 1. The molecule has 2 aromatic carbocycles. The van der Waals surface area contributed by atoms with Crippen LogP contribution in [-0.2, 0) is 9.53 Å². The molecule has 0 saturated carbocycles. The fourth-order valence-corrected chi connectivity index (χ4v) is 4.24. The number of rotatable bonds is 7. The van der Waals surface area contributed by atoms with Crippen LogP contribution in [0.4, 0.5) is 5.00 Å². The molecule has 0 spiro atoms. The molecule has 0 saturated heterocycles. The normalized spacial score (nSPS) is 10.6. The van der Waals surface area contributed by atoms with Gasteiger partial charge in [0.1, 0.15) is 10.6 Å². The molecule has 1 aromatic heterocycles. The Labute approximate surface area is 186 Å². The fraction of sp³-hybridized carbons (Fsp3) is 0.240. The van der Waals surface area contributed by atoms with Gasteiger partial charge < -0.3 is 10.1 Å². The Morgan fingerprint density at radius 1 is 0.903 bits per heavy atom. The van der Waals surface area contributed by atoms with Crippen molar-refractivity contribution in [1.82, 2.24) is 0 Å². The third kappa shape index (κ3) is 5.27. The zero-order chi connectivity index (χ0) is 22.5. The summed E-state index contributed by atoms with van der Waals surface area (Å²) in [6, 6.07) is 13.3. The number of ether oxygens (including phenoxy) is 1. The molecule has 5 nitrogen and oxygen atoms in total. The van der Waals surface area contributed by atoms with Crippen LogP contribution in [0.15, 0.2) is 47.8 Å². The van der Waals surface area contributed by atoms with Gasteiger partial charge in [0.25, 0.3) is 0 Å². The minimum Gasteiger partial charge on any atom is -0.465 e. The minimum atomic E-state index is -0.511. The van der Waals surface area contributed by atoms with Crippen molar-refractivity contribution in [2.75, 3.05) is 12.4 Å². The van der Waals surface area contributed by atoms with Gasteiger partial charge in [-0.1, -0.05) is 53.6 Å². The molecule has 0 aliphatic heterocycles. The number of esters is 1. The highest BCUT2D eigenvalue weighted by atomic mass is 32.1. The van der Waals surface area contributed by atoms with Crippen molar-refractivity contribution in [1.29, 1.82) is 0 Å². The number of thiophene rings is 1.